The summed E-state index contributed by atoms with van der Waals surface area (Å²) in [6.07, 6.45) is 0. The summed E-state index contributed by atoms with van der Waals surface area (Å²) in [5.74, 6) is 0. The lowest BCUT2D eigenvalue weighted by atomic mass is 10.1. The first-order valence-electron chi connectivity index (χ1n) is 5.99. The average Bonchev–Trinajstić information content (AvgIpc) is 2.97. The van der Waals surface area contributed by atoms with Crippen LogP contribution in [-0.2, 0) is 0 Å². The number of thiazole rings is 1. The molecule has 0 unspecified atom stereocenters. The summed E-state index contributed by atoms with van der Waals surface area (Å²) in [4.78, 5) is 4.61. The van der Waals surface area contributed by atoms with E-state index in [1.807, 2.05) is 47.8 Å². The highest BCUT2D eigenvalue weighted by Crippen LogP contribution is 2.30. The second kappa shape index (κ2) is 5.46. The Kier molecular flexibility index (Phi) is 3.51. The van der Waals surface area contributed by atoms with Crippen molar-refractivity contribution in [2.24, 2.45) is 0 Å². The molecule has 1 heterocycles. The highest BCUT2D eigenvalue weighted by molar-refractivity contribution is 7.13. The lowest BCUT2D eigenvalue weighted by Crippen LogP contribution is -1.84. The summed E-state index contributed by atoms with van der Waals surface area (Å²) < 4.78 is 0. The Morgan fingerprint density at radius 3 is 2.55 bits per heavy atom. The number of rotatable bonds is 2. The Hall–Kier alpha value is -2.15. The van der Waals surface area contributed by atoms with Crippen molar-refractivity contribution in [2.45, 2.75) is 0 Å². The fourth-order valence-electron chi connectivity index (χ4n) is 1.93. The summed E-state index contributed by atoms with van der Waals surface area (Å²) in [5, 5.41) is 12.7. The fourth-order valence-corrected chi connectivity index (χ4v) is 2.88. The van der Waals surface area contributed by atoms with Crippen molar-refractivity contribution >= 4 is 22.9 Å². The molecule has 96 valence electrons. The molecule has 0 spiro atoms. The molecule has 20 heavy (non-hydrogen) atoms. The summed E-state index contributed by atoms with van der Waals surface area (Å²) in [7, 11) is 0. The van der Waals surface area contributed by atoms with Gasteiger partial charge in [-0.25, -0.2) is 4.98 Å². The molecule has 0 saturated heterocycles. The molecule has 3 rings (SSSR count). The van der Waals surface area contributed by atoms with Gasteiger partial charge in [0.15, 0.2) is 0 Å². The smallest absolute Gasteiger partial charge is 0.124 e. The van der Waals surface area contributed by atoms with Crippen LogP contribution in [0.2, 0.25) is 5.02 Å². The first kappa shape index (κ1) is 12.9. The van der Waals surface area contributed by atoms with Crippen LogP contribution in [0.25, 0.3) is 21.8 Å². The highest BCUT2D eigenvalue weighted by Gasteiger charge is 2.09. The molecule has 2 nitrogen and oxygen atoms in total. The zero-order chi connectivity index (χ0) is 13.9. The fraction of sp³-hybridized carbons (Fsp3) is 0. The van der Waals surface area contributed by atoms with Crippen molar-refractivity contribution < 1.29 is 0 Å². The maximum atomic E-state index is 9.15. The number of nitrogens with zero attached hydrogens (tertiary/aromatic N) is 2. The van der Waals surface area contributed by atoms with Gasteiger partial charge in [0.2, 0.25) is 0 Å². The van der Waals surface area contributed by atoms with Crippen molar-refractivity contribution in [2.75, 3.05) is 0 Å². The summed E-state index contributed by atoms with van der Waals surface area (Å²) in [6.45, 7) is 0. The van der Waals surface area contributed by atoms with Gasteiger partial charge in [-0.1, -0.05) is 41.9 Å². The Balaban J connectivity index is 2.02. The molecule has 0 N–H and O–H groups in total. The van der Waals surface area contributed by atoms with Crippen molar-refractivity contribution in [3.8, 4) is 27.9 Å². The lowest BCUT2D eigenvalue weighted by molar-refractivity contribution is 1.39. The molecule has 3 aromatic rings. The van der Waals surface area contributed by atoms with Crippen LogP contribution >= 0.6 is 22.9 Å². The Labute approximate surface area is 125 Å². The minimum atomic E-state index is 0.639. The second-order valence-electron chi connectivity index (χ2n) is 4.20. The van der Waals surface area contributed by atoms with E-state index in [-0.39, 0.29) is 0 Å². The molecule has 0 aliphatic rings. The van der Waals surface area contributed by atoms with Crippen molar-refractivity contribution in [3.05, 3.63) is 64.5 Å². The van der Waals surface area contributed by atoms with E-state index < -0.39 is 0 Å². The SMILES string of the molecule is N#Cc1ccccc1-c1csc(-c2ccc(Cl)cc2)n1. The van der Waals surface area contributed by atoms with E-state index in [1.54, 1.807) is 17.4 Å². The highest BCUT2D eigenvalue weighted by atomic mass is 35.5. The third kappa shape index (κ3) is 2.44. The normalized spacial score (nSPS) is 10.2. The van der Waals surface area contributed by atoms with Gasteiger partial charge in [-0.3, -0.25) is 0 Å². The maximum Gasteiger partial charge on any atom is 0.124 e. The Morgan fingerprint density at radius 2 is 1.80 bits per heavy atom. The van der Waals surface area contributed by atoms with Gasteiger partial charge in [0.05, 0.1) is 17.3 Å². The van der Waals surface area contributed by atoms with Crippen LogP contribution in [0.4, 0.5) is 0 Å². The van der Waals surface area contributed by atoms with Crippen LogP contribution in [0, 0.1) is 11.3 Å². The molecule has 0 radical (unpaired) electrons. The van der Waals surface area contributed by atoms with Crippen LogP contribution < -0.4 is 0 Å². The number of hydrogen-bond acceptors (Lipinski definition) is 3. The lowest BCUT2D eigenvalue weighted by Gasteiger charge is -1.99. The molecule has 1 aromatic heterocycles. The van der Waals surface area contributed by atoms with Crippen LogP contribution in [0.3, 0.4) is 0 Å². The standard InChI is InChI=1S/C16H9ClN2S/c17-13-7-5-11(6-8-13)16-19-15(10-20-16)14-4-2-1-3-12(14)9-18/h1-8,10H. The van der Waals surface area contributed by atoms with Crippen molar-refractivity contribution in [3.63, 3.8) is 0 Å². The van der Waals surface area contributed by atoms with Crippen LogP contribution in [0.1, 0.15) is 5.56 Å². The van der Waals surface area contributed by atoms with Crippen LogP contribution in [0.5, 0.6) is 0 Å². The largest absolute Gasteiger partial charge is 0.236 e. The number of hydrogen-bond donors (Lipinski definition) is 0. The first-order chi connectivity index (χ1) is 9.78. The number of halogens is 1. The molecule has 4 heteroatoms. The van der Waals surface area contributed by atoms with E-state index in [9.17, 15) is 0 Å². The van der Waals surface area contributed by atoms with E-state index in [4.69, 9.17) is 16.9 Å². The van der Waals surface area contributed by atoms with Gasteiger partial charge in [0.25, 0.3) is 0 Å². The molecule has 0 amide bonds. The Morgan fingerprint density at radius 1 is 1.05 bits per heavy atom. The van der Waals surface area contributed by atoms with Gasteiger partial charge in [-0.15, -0.1) is 11.3 Å². The van der Waals surface area contributed by atoms with Gasteiger partial charge in [0.1, 0.15) is 5.01 Å². The molecule has 2 aromatic carbocycles. The van der Waals surface area contributed by atoms with Gasteiger partial charge < -0.3 is 0 Å². The predicted molar refractivity (Wildman–Crippen MR) is 82.7 cm³/mol. The minimum Gasteiger partial charge on any atom is -0.236 e. The van der Waals surface area contributed by atoms with E-state index in [1.165, 1.54) is 0 Å². The third-order valence-corrected chi connectivity index (χ3v) is 4.06. The maximum absolute atomic E-state index is 9.15. The Bertz CT molecular complexity index is 785. The molecule has 0 aliphatic heterocycles. The predicted octanol–water partition coefficient (Wildman–Crippen LogP) is 5.00. The quantitative estimate of drug-likeness (QED) is 0.667. The zero-order valence-electron chi connectivity index (χ0n) is 10.4. The molecular formula is C16H9ClN2S. The van der Waals surface area contributed by atoms with E-state index in [2.05, 4.69) is 11.1 Å². The average molecular weight is 297 g/mol. The molecule has 0 aliphatic carbocycles. The number of aromatic nitrogens is 1. The third-order valence-electron chi connectivity index (χ3n) is 2.92. The van der Waals surface area contributed by atoms with Crippen LogP contribution in [-0.4, -0.2) is 4.98 Å². The second-order valence-corrected chi connectivity index (χ2v) is 5.50. The molecule has 0 saturated carbocycles. The van der Waals surface area contributed by atoms with Crippen LogP contribution in [0.15, 0.2) is 53.9 Å². The van der Waals surface area contributed by atoms with Crippen molar-refractivity contribution in [1.29, 1.82) is 5.26 Å². The van der Waals surface area contributed by atoms with Gasteiger partial charge in [-0.05, 0) is 18.2 Å². The number of benzene rings is 2. The minimum absolute atomic E-state index is 0.639. The van der Waals surface area contributed by atoms with E-state index >= 15 is 0 Å². The molecule has 0 bridgehead atoms. The monoisotopic (exact) mass is 296 g/mol. The first-order valence-corrected chi connectivity index (χ1v) is 7.24. The van der Waals surface area contributed by atoms with E-state index in [0.717, 1.165) is 21.8 Å². The van der Waals surface area contributed by atoms with Crippen molar-refractivity contribution in [1.82, 2.24) is 4.98 Å². The number of nitriles is 1. The molecule has 0 atom stereocenters. The molecular weight excluding hydrogens is 288 g/mol. The zero-order valence-corrected chi connectivity index (χ0v) is 11.9. The van der Waals surface area contributed by atoms with E-state index in [0.29, 0.717) is 10.6 Å². The summed E-state index contributed by atoms with van der Waals surface area (Å²) >= 11 is 7.45. The van der Waals surface area contributed by atoms with Gasteiger partial charge in [0, 0.05) is 21.5 Å². The summed E-state index contributed by atoms with van der Waals surface area (Å²) in [6, 6.07) is 17.3. The topological polar surface area (TPSA) is 36.7 Å². The van der Waals surface area contributed by atoms with Gasteiger partial charge >= 0.3 is 0 Å². The summed E-state index contributed by atoms with van der Waals surface area (Å²) in [5.41, 5.74) is 3.36. The van der Waals surface area contributed by atoms with Gasteiger partial charge in [-0.2, -0.15) is 5.26 Å². The molecule has 0 fully saturated rings.